The number of aromatic nitrogens is 1. The fourth-order valence-electron chi connectivity index (χ4n) is 2.79. The molecule has 2 aromatic rings. The number of benzene rings is 1. The van der Waals surface area contributed by atoms with Crippen LogP contribution in [0.4, 0.5) is 18.9 Å². The monoisotopic (exact) mass is 365 g/mol. The number of hydrogen-bond donors (Lipinski definition) is 1. The fraction of sp³-hybridized carbons (Fsp3) is 0.235. The lowest BCUT2D eigenvalue weighted by Gasteiger charge is -2.29. The van der Waals surface area contributed by atoms with E-state index < -0.39 is 18.2 Å². The standard InChI is InChI=1S/C17H14F3N3O3/c18-17(19,20)26-12-4-6-14-10(8-12)2-1-7-23(14)16(25)13-5-3-11(9-22-13)15(21)24/h3-6,8-9H,1-2,7H2,(H2,21,24). The van der Waals surface area contributed by atoms with Crippen LogP contribution >= 0.6 is 0 Å². The van der Waals surface area contributed by atoms with Crippen LogP contribution in [-0.4, -0.2) is 29.7 Å². The van der Waals surface area contributed by atoms with Gasteiger partial charge in [0.2, 0.25) is 5.91 Å². The quantitative estimate of drug-likeness (QED) is 0.906. The molecule has 0 saturated carbocycles. The molecule has 1 aromatic heterocycles. The number of halogens is 3. The van der Waals surface area contributed by atoms with Gasteiger partial charge in [0.05, 0.1) is 5.56 Å². The minimum absolute atomic E-state index is 0.110. The third-order valence-electron chi connectivity index (χ3n) is 3.92. The molecule has 1 aromatic carbocycles. The number of carbonyl (C=O) groups is 2. The van der Waals surface area contributed by atoms with Crippen molar-refractivity contribution in [2.45, 2.75) is 19.2 Å². The maximum absolute atomic E-state index is 12.7. The number of fused-ring (bicyclic) bond motifs is 1. The van der Waals surface area contributed by atoms with Crippen LogP contribution in [0.3, 0.4) is 0 Å². The van der Waals surface area contributed by atoms with Crippen molar-refractivity contribution in [3.63, 3.8) is 0 Å². The van der Waals surface area contributed by atoms with E-state index in [1.807, 2.05) is 0 Å². The zero-order valence-corrected chi connectivity index (χ0v) is 13.4. The third kappa shape index (κ3) is 3.76. The SMILES string of the molecule is NC(=O)c1ccc(C(=O)N2CCCc3cc(OC(F)(F)F)ccc32)nc1. The summed E-state index contributed by atoms with van der Waals surface area (Å²) in [4.78, 5) is 29.2. The van der Waals surface area contributed by atoms with Gasteiger partial charge >= 0.3 is 6.36 Å². The van der Waals surface area contributed by atoms with Crippen molar-refractivity contribution >= 4 is 17.5 Å². The second-order valence-electron chi connectivity index (χ2n) is 5.70. The number of hydrogen-bond acceptors (Lipinski definition) is 4. The number of alkyl halides is 3. The second-order valence-corrected chi connectivity index (χ2v) is 5.70. The van der Waals surface area contributed by atoms with Gasteiger partial charge < -0.3 is 15.4 Å². The lowest BCUT2D eigenvalue weighted by molar-refractivity contribution is -0.274. The Labute approximate surface area is 146 Å². The van der Waals surface area contributed by atoms with Crippen LogP contribution in [0.25, 0.3) is 0 Å². The highest BCUT2D eigenvalue weighted by molar-refractivity contribution is 6.06. The molecule has 2 heterocycles. The Balaban J connectivity index is 1.86. The first-order valence-electron chi connectivity index (χ1n) is 7.71. The van der Waals surface area contributed by atoms with Crippen LogP contribution in [-0.2, 0) is 6.42 Å². The smallest absolute Gasteiger partial charge is 0.406 e. The van der Waals surface area contributed by atoms with Crippen molar-refractivity contribution < 1.29 is 27.5 Å². The lowest BCUT2D eigenvalue weighted by atomic mass is 10.0. The van der Waals surface area contributed by atoms with Gasteiger partial charge in [-0.05, 0) is 48.7 Å². The minimum Gasteiger partial charge on any atom is -0.406 e. The molecule has 0 radical (unpaired) electrons. The predicted octanol–water partition coefficient (Wildman–Crippen LogP) is 2.67. The molecular formula is C17H14F3N3O3. The molecule has 0 atom stereocenters. The van der Waals surface area contributed by atoms with Crippen molar-refractivity contribution in [3.05, 3.63) is 53.3 Å². The highest BCUT2D eigenvalue weighted by Gasteiger charge is 2.32. The number of anilines is 1. The summed E-state index contributed by atoms with van der Waals surface area (Å²) in [5, 5.41) is 0. The van der Waals surface area contributed by atoms with Gasteiger partial charge in [-0.15, -0.1) is 13.2 Å². The number of amides is 2. The molecule has 0 saturated heterocycles. The van der Waals surface area contributed by atoms with E-state index in [9.17, 15) is 22.8 Å². The largest absolute Gasteiger partial charge is 0.573 e. The molecule has 0 aliphatic carbocycles. The summed E-state index contributed by atoms with van der Waals surface area (Å²) in [6.45, 7) is 0.407. The van der Waals surface area contributed by atoms with Gasteiger partial charge in [-0.1, -0.05) is 0 Å². The Hall–Kier alpha value is -3.10. The maximum atomic E-state index is 12.7. The van der Waals surface area contributed by atoms with Crippen LogP contribution in [0, 0.1) is 0 Å². The molecular weight excluding hydrogens is 351 g/mol. The molecule has 0 bridgehead atoms. The number of aryl methyl sites for hydroxylation is 1. The number of rotatable bonds is 3. The molecule has 1 aliphatic heterocycles. The van der Waals surface area contributed by atoms with Crippen molar-refractivity contribution in [3.8, 4) is 5.75 Å². The van der Waals surface area contributed by atoms with Crippen LogP contribution in [0.5, 0.6) is 5.75 Å². The molecule has 2 amide bonds. The van der Waals surface area contributed by atoms with Crippen LogP contribution < -0.4 is 15.4 Å². The summed E-state index contributed by atoms with van der Waals surface area (Å²) in [6.07, 6.45) is -2.44. The highest BCUT2D eigenvalue weighted by atomic mass is 19.4. The Morgan fingerprint density at radius 1 is 1.19 bits per heavy atom. The van der Waals surface area contributed by atoms with Crippen LogP contribution in [0.1, 0.15) is 32.8 Å². The molecule has 1 aliphatic rings. The Bertz CT molecular complexity index is 851. The van der Waals surface area contributed by atoms with Crippen molar-refractivity contribution in [1.82, 2.24) is 4.98 Å². The van der Waals surface area contributed by atoms with Gasteiger partial charge in [0.25, 0.3) is 5.91 Å². The van der Waals surface area contributed by atoms with Crippen LogP contribution in [0.15, 0.2) is 36.5 Å². The van der Waals surface area contributed by atoms with Gasteiger partial charge in [-0.2, -0.15) is 0 Å². The topological polar surface area (TPSA) is 85.5 Å². The number of carbonyl (C=O) groups excluding carboxylic acids is 2. The summed E-state index contributed by atoms with van der Waals surface area (Å²) in [7, 11) is 0. The summed E-state index contributed by atoms with van der Waals surface area (Å²) in [6, 6.07) is 6.66. The summed E-state index contributed by atoms with van der Waals surface area (Å²) in [5.74, 6) is -1.39. The van der Waals surface area contributed by atoms with Gasteiger partial charge in [0.15, 0.2) is 0 Å². The Kier molecular flexibility index (Phi) is 4.54. The average Bonchev–Trinajstić information content (AvgIpc) is 2.59. The molecule has 6 nitrogen and oxygen atoms in total. The van der Waals surface area contributed by atoms with E-state index in [1.165, 1.54) is 41.4 Å². The Morgan fingerprint density at radius 2 is 1.96 bits per heavy atom. The molecule has 3 rings (SSSR count). The van der Waals surface area contributed by atoms with E-state index in [0.29, 0.717) is 30.6 Å². The normalized spacial score (nSPS) is 13.9. The fourth-order valence-corrected chi connectivity index (χ4v) is 2.79. The highest BCUT2D eigenvalue weighted by Crippen LogP contribution is 2.33. The minimum atomic E-state index is -4.77. The van der Waals surface area contributed by atoms with E-state index in [-0.39, 0.29) is 17.0 Å². The first-order chi connectivity index (χ1) is 12.2. The number of ether oxygens (including phenoxy) is 1. The van der Waals surface area contributed by atoms with Crippen molar-refractivity contribution in [2.75, 3.05) is 11.4 Å². The van der Waals surface area contributed by atoms with E-state index in [4.69, 9.17) is 5.73 Å². The molecule has 26 heavy (non-hydrogen) atoms. The number of primary amides is 1. The molecule has 9 heteroatoms. The Morgan fingerprint density at radius 3 is 2.58 bits per heavy atom. The number of nitrogens with zero attached hydrogens (tertiary/aromatic N) is 2. The van der Waals surface area contributed by atoms with Gasteiger partial charge in [0, 0.05) is 18.4 Å². The molecule has 0 unspecified atom stereocenters. The average molecular weight is 365 g/mol. The van der Waals surface area contributed by atoms with Gasteiger partial charge in [0.1, 0.15) is 11.4 Å². The maximum Gasteiger partial charge on any atom is 0.573 e. The second kappa shape index (κ2) is 6.66. The lowest BCUT2D eigenvalue weighted by Crippen LogP contribution is -2.36. The summed E-state index contributed by atoms with van der Waals surface area (Å²) >= 11 is 0. The molecule has 0 fully saturated rings. The van der Waals surface area contributed by atoms with Gasteiger partial charge in [-0.3, -0.25) is 14.6 Å². The van der Waals surface area contributed by atoms with E-state index in [1.54, 1.807) is 0 Å². The van der Waals surface area contributed by atoms with Gasteiger partial charge in [-0.25, -0.2) is 0 Å². The van der Waals surface area contributed by atoms with E-state index >= 15 is 0 Å². The number of nitrogens with two attached hydrogens (primary N) is 1. The van der Waals surface area contributed by atoms with Crippen LogP contribution in [0.2, 0.25) is 0 Å². The third-order valence-corrected chi connectivity index (χ3v) is 3.92. The van der Waals surface area contributed by atoms with Crippen molar-refractivity contribution in [2.24, 2.45) is 5.73 Å². The van der Waals surface area contributed by atoms with E-state index in [2.05, 4.69) is 9.72 Å². The summed E-state index contributed by atoms with van der Waals surface area (Å²) < 4.78 is 41.0. The van der Waals surface area contributed by atoms with E-state index in [0.717, 1.165) is 0 Å². The molecule has 2 N–H and O–H groups in total. The predicted molar refractivity (Wildman–Crippen MR) is 85.9 cm³/mol. The first kappa shape index (κ1) is 17.7. The first-order valence-corrected chi connectivity index (χ1v) is 7.71. The summed E-state index contributed by atoms with van der Waals surface area (Å²) in [5.41, 5.74) is 6.52. The zero-order chi connectivity index (χ0) is 18.9. The number of pyridine rings is 1. The molecule has 0 spiro atoms. The van der Waals surface area contributed by atoms with Crippen molar-refractivity contribution in [1.29, 1.82) is 0 Å². The zero-order valence-electron chi connectivity index (χ0n) is 13.4. The molecule has 136 valence electrons.